The topological polar surface area (TPSA) is 88.5 Å². The van der Waals surface area contributed by atoms with E-state index in [1.54, 1.807) is 23.5 Å². The normalized spacial score (nSPS) is 12.0. The second-order valence-electron chi connectivity index (χ2n) is 9.06. The molecule has 7 heteroatoms. The number of aliphatic carboxylic acids is 1. The number of para-hydroxylation sites is 1. The molecule has 0 spiro atoms. The average molecular weight is 503 g/mol. The fraction of sp³-hybridized carbons (Fsp3) is 0.276. The number of ether oxygens (including phenoxy) is 1. The highest BCUT2D eigenvalue weighted by Crippen LogP contribution is 2.31. The SMILES string of the molecule is CC(C)[C@@H](COc1ccc(-c2nc3ccccc3s2)cc1)Nc1ccc(C(=O)CCCC(=O)O)cc1. The summed E-state index contributed by atoms with van der Waals surface area (Å²) in [5, 5.41) is 13.2. The quantitative estimate of drug-likeness (QED) is 0.205. The number of thiazole rings is 1. The number of aromatic nitrogens is 1. The third kappa shape index (κ3) is 6.70. The zero-order valence-electron chi connectivity index (χ0n) is 20.4. The third-order valence-corrected chi connectivity index (χ3v) is 7.07. The summed E-state index contributed by atoms with van der Waals surface area (Å²) in [5.74, 6) is 0.202. The Labute approximate surface area is 215 Å². The first-order valence-corrected chi connectivity index (χ1v) is 12.9. The Balaban J connectivity index is 1.32. The second-order valence-corrected chi connectivity index (χ2v) is 10.1. The number of nitrogens with zero attached hydrogens (tertiary/aromatic N) is 1. The number of ketones is 1. The Morgan fingerprint density at radius 1 is 0.972 bits per heavy atom. The molecule has 0 radical (unpaired) electrons. The molecule has 0 aliphatic carbocycles. The Morgan fingerprint density at radius 3 is 2.36 bits per heavy atom. The molecule has 0 fully saturated rings. The van der Waals surface area contributed by atoms with Gasteiger partial charge in [-0.15, -0.1) is 11.3 Å². The number of fused-ring (bicyclic) bond motifs is 1. The van der Waals surface area contributed by atoms with Gasteiger partial charge in [-0.3, -0.25) is 9.59 Å². The van der Waals surface area contributed by atoms with Crippen LogP contribution in [0.25, 0.3) is 20.8 Å². The van der Waals surface area contributed by atoms with Crippen LogP contribution in [0.1, 0.15) is 43.5 Å². The zero-order valence-corrected chi connectivity index (χ0v) is 21.3. The van der Waals surface area contributed by atoms with Crippen LogP contribution in [-0.4, -0.2) is 34.5 Å². The fourth-order valence-corrected chi connectivity index (χ4v) is 4.76. The van der Waals surface area contributed by atoms with Gasteiger partial charge < -0.3 is 15.2 Å². The molecule has 3 aromatic carbocycles. The van der Waals surface area contributed by atoms with Crippen molar-refractivity contribution in [1.82, 2.24) is 4.98 Å². The molecule has 1 atom stereocenters. The molecular weight excluding hydrogens is 472 g/mol. The van der Waals surface area contributed by atoms with Crippen molar-refractivity contribution in [2.45, 2.75) is 39.2 Å². The number of rotatable bonds is 12. The van der Waals surface area contributed by atoms with E-state index in [9.17, 15) is 9.59 Å². The van der Waals surface area contributed by atoms with Gasteiger partial charge in [-0.2, -0.15) is 0 Å². The van der Waals surface area contributed by atoms with Gasteiger partial charge in [-0.1, -0.05) is 26.0 Å². The number of benzene rings is 3. The predicted octanol–water partition coefficient (Wildman–Crippen LogP) is 6.92. The van der Waals surface area contributed by atoms with Crippen molar-refractivity contribution in [2.24, 2.45) is 5.92 Å². The highest BCUT2D eigenvalue weighted by Gasteiger charge is 2.15. The van der Waals surface area contributed by atoms with Crippen molar-refractivity contribution < 1.29 is 19.4 Å². The molecule has 0 amide bonds. The lowest BCUT2D eigenvalue weighted by Crippen LogP contribution is -2.32. The molecule has 0 saturated carbocycles. The highest BCUT2D eigenvalue weighted by molar-refractivity contribution is 7.21. The molecule has 0 aliphatic rings. The van der Waals surface area contributed by atoms with Gasteiger partial charge >= 0.3 is 5.97 Å². The van der Waals surface area contributed by atoms with Gasteiger partial charge in [0.1, 0.15) is 17.4 Å². The van der Waals surface area contributed by atoms with E-state index in [4.69, 9.17) is 14.8 Å². The van der Waals surface area contributed by atoms with Crippen LogP contribution in [0.2, 0.25) is 0 Å². The summed E-state index contributed by atoms with van der Waals surface area (Å²) < 4.78 is 7.27. The van der Waals surface area contributed by atoms with E-state index in [0.717, 1.165) is 27.5 Å². The molecule has 1 aromatic heterocycles. The zero-order chi connectivity index (χ0) is 25.5. The number of carbonyl (C=O) groups excluding carboxylic acids is 1. The molecule has 0 unspecified atom stereocenters. The Hall–Kier alpha value is -3.71. The molecule has 1 heterocycles. The smallest absolute Gasteiger partial charge is 0.303 e. The molecule has 0 saturated heterocycles. The number of hydrogen-bond acceptors (Lipinski definition) is 6. The lowest BCUT2D eigenvalue weighted by molar-refractivity contribution is -0.137. The van der Waals surface area contributed by atoms with Crippen molar-refractivity contribution in [1.29, 1.82) is 0 Å². The molecule has 0 aliphatic heterocycles. The van der Waals surface area contributed by atoms with Crippen molar-refractivity contribution in [2.75, 3.05) is 11.9 Å². The van der Waals surface area contributed by atoms with E-state index in [-0.39, 0.29) is 24.7 Å². The van der Waals surface area contributed by atoms with Crippen LogP contribution in [-0.2, 0) is 4.79 Å². The van der Waals surface area contributed by atoms with Crippen LogP contribution in [0.3, 0.4) is 0 Å². The third-order valence-electron chi connectivity index (χ3n) is 5.98. The Kier molecular flexibility index (Phi) is 8.33. The molecule has 36 heavy (non-hydrogen) atoms. The van der Waals surface area contributed by atoms with E-state index < -0.39 is 5.97 Å². The monoisotopic (exact) mass is 502 g/mol. The van der Waals surface area contributed by atoms with E-state index in [2.05, 4.69) is 25.2 Å². The number of anilines is 1. The molecule has 4 rings (SSSR count). The average Bonchev–Trinajstić information content (AvgIpc) is 3.31. The van der Waals surface area contributed by atoms with Crippen molar-refractivity contribution in [3.8, 4) is 16.3 Å². The standard InChI is InChI=1S/C29H30N2O4S/c1-19(2)25(30-22-14-10-20(11-15-22)26(32)7-5-9-28(33)34)18-35-23-16-12-21(13-17-23)29-31-24-6-3-4-8-27(24)36-29/h3-4,6,8,10-17,19,25,30H,5,7,9,18H2,1-2H3,(H,33,34)/t25-/m1/s1. The minimum Gasteiger partial charge on any atom is -0.491 e. The molecule has 4 aromatic rings. The van der Waals surface area contributed by atoms with Gasteiger partial charge in [0.2, 0.25) is 0 Å². The first kappa shape index (κ1) is 25.4. The summed E-state index contributed by atoms with van der Waals surface area (Å²) in [4.78, 5) is 27.6. The van der Waals surface area contributed by atoms with Crippen LogP contribution >= 0.6 is 11.3 Å². The first-order chi connectivity index (χ1) is 17.4. The van der Waals surface area contributed by atoms with E-state index in [0.29, 0.717) is 24.5 Å². The number of hydrogen-bond donors (Lipinski definition) is 2. The largest absolute Gasteiger partial charge is 0.491 e. The van der Waals surface area contributed by atoms with Crippen LogP contribution < -0.4 is 10.1 Å². The van der Waals surface area contributed by atoms with E-state index in [1.807, 2.05) is 54.6 Å². The summed E-state index contributed by atoms with van der Waals surface area (Å²) in [7, 11) is 0. The first-order valence-electron chi connectivity index (χ1n) is 12.1. The lowest BCUT2D eigenvalue weighted by atomic mass is 10.0. The molecule has 2 N–H and O–H groups in total. The maximum atomic E-state index is 12.3. The van der Waals surface area contributed by atoms with Gasteiger partial charge in [0.15, 0.2) is 5.78 Å². The fourth-order valence-electron chi connectivity index (χ4n) is 3.79. The lowest BCUT2D eigenvalue weighted by Gasteiger charge is -2.24. The minimum absolute atomic E-state index is 0.00610. The van der Waals surface area contributed by atoms with E-state index in [1.165, 1.54) is 4.70 Å². The number of carboxylic acids is 1. The summed E-state index contributed by atoms with van der Waals surface area (Å²) in [6.45, 7) is 4.77. The van der Waals surface area contributed by atoms with Crippen LogP contribution in [0.15, 0.2) is 72.8 Å². The van der Waals surface area contributed by atoms with Crippen LogP contribution in [0, 0.1) is 5.92 Å². The van der Waals surface area contributed by atoms with Gasteiger partial charge in [-0.25, -0.2) is 4.98 Å². The number of carboxylic acid groups (broad SMARTS) is 1. The van der Waals surface area contributed by atoms with Crippen molar-refractivity contribution in [3.05, 3.63) is 78.4 Å². The molecule has 6 nitrogen and oxygen atoms in total. The number of nitrogens with one attached hydrogen (secondary N) is 1. The number of carbonyl (C=O) groups is 2. The predicted molar refractivity (Wildman–Crippen MR) is 145 cm³/mol. The molecular formula is C29H30N2O4S. The minimum atomic E-state index is -0.881. The Bertz CT molecular complexity index is 1280. The summed E-state index contributed by atoms with van der Waals surface area (Å²) in [6.07, 6.45) is 0.591. The number of Topliss-reactive ketones (excluding diaryl/α,β-unsaturated/α-hetero) is 1. The summed E-state index contributed by atoms with van der Waals surface area (Å²) in [6, 6.07) is 23.6. The Morgan fingerprint density at radius 2 is 1.69 bits per heavy atom. The maximum absolute atomic E-state index is 12.3. The van der Waals surface area contributed by atoms with Gasteiger partial charge in [0.25, 0.3) is 0 Å². The second kappa shape index (κ2) is 11.8. The summed E-state index contributed by atoms with van der Waals surface area (Å²) >= 11 is 1.68. The van der Waals surface area contributed by atoms with Crippen LogP contribution in [0.5, 0.6) is 5.75 Å². The summed E-state index contributed by atoms with van der Waals surface area (Å²) in [5.41, 5.74) is 3.58. The highest BCUT2D eigenvalue weighted by atomic mass is 32.1. The van der Waals surface area contributed by atoms with Crippen molar-refractivity contribution in [3.63, 3.8) is 0 Å². The van der Waals surface area contributed by atoms with Crippen molar-refractivity contribution >= 4 is 39.0 Å². The van der Waals surface area contributed by atoms with Crippen LogP contribution in [0.4, 0.5) is 5.69 Å². The molecule has 0 bridgehead atoms. The van der Waals surface area contributed by atoms with Gasteiger partial charge in [0.05, 0.1) is 16.3 Å². The molecule has 186 valence electrons. The van der Waals surface area contributed by atoms with Gasteiger partial charge in [-0.05, 0) is 73.0 Å². The maximum Gasteiger partial charge on any atom is 0.303 e. The van der Waals surface area contributed by atoms with Gasteiger partial charge in [0, 0.05) is 29.7 Å². The van der Waals surface area contributed by atoms with E-state index >= 15 is 0 Å².